The normalized spacial score (nSPS) is 16.9. The van der Waals surface area contributed by atoms with E-state index in [0.29, 0.717) is 5.92 Å². The number of anilines is 1. The van der Waals surface area contributed by atoms with Gasteiger partial charge in [-0.15, -0.1) is 0 Å². The van der Waals surface area contributed by atoms with E-state index >= 15 is 0 Å². The fraction of sp³-hybridized carbons (Fsp3) is 0.588. The summed E-state index contributed by atoms with van der Waals surface area (Å²) in [6.07, 6.45) is 6.15. The zero-order chi connectivity index (χ0) is 14.4. The van der Waals surface area contributed by atoms with Gasteiger partial charge in [0.05, 0.1) is 5.56 Å². The molecule has 20 heavy (non-hydrogen) atoms. The Kier molecular flexibility index (Phi) is 5.45. The molecule has 0 aromatic heterocycles. The Morgan fingerprint density at radius 3 is 2.70 bits per heavy atom. The predicted octanol–water partition coefficient (Wildman–Crippen LogP) is 3.82. The minimum atomic E-state index is 0.0450. The van der Waals surface area contributed by atoms with Crippen molar-refractivity contribution in [2.45, 2.75) is 52.0 Å². The van der Waals surface area contributed by atoms with E-state index in [1.807, 2.05) is 24.3 Å². The number of nitrogens with one attached hydrogen (secondary N) is 2. The highest BCUT2D eigenvalue weighted by molar-refractivity contribution is 5.99. The van der Waals surface area contributed by atoms with Gasteiger partial charge in [-0.2, -0.15) is 0 Å². The molecule has 1 aromatic carbocycles. The molecule has 0 unspecified atom stereocenters. The molecule has 3 nitrogen and oxygen atoms in total. The summed E-state index contributed by atoms with van der Waals surface area (Å²) >= 11 is 0. The highest BCUT2D eigenvalue weighted by Crippen LogP contribution is 2.27. The van der Waals surface area contributed by atoms with Crippen LogP contribution in [0.15, 0.2) is 24.3 Å². The summed E-state index contributed by atoms with van der Waals surface area (Å²) in [6.45, 7) is 5.15. The molecule has 0 aliphatic heterocycles. The molecule has 0 saturated heterocycles. The van der Waals surface area contributed by atoms with Crippen molar-refractivity contribution >= 4 is 11.6 Å². The largest absolute Gasteiger partial charge is 0.384 e. The van der Waals surface area contributed by atoms with E-state index in [4.69, 9.17) is 0 Å². The quantitative estimate of drug-likeness (QED) is 0.828. The summed E-state index contributed by atoms with van der Waals surface area (Å²) in [6, 6.07) is 8.03. The lowest BCUT2D eigenvalue weighted by atomic mass is 9.99. The van der Waals surface area contributed by atoms with Crippen LogP contribution in [0.4, 0.5) is 5.69 Å². The first-order valence-electron chi connectivity index (χ1n) is 7.86. The molecule has 1 atom stereocenters. The molecule has 0 bridgehead atoms. The molecular formula is C17H26N2O. The van der Waals surface area contributed by atoms with Crippen LogP contribution >= 0.6 is 0 Å². The summed E-state index contributed by atoms with van der Waals surface area (Å²) in [7, 11) is 0. The van der Waals surface area contributed by atoms with Crippen molar-refractivity contribution in [1.82, 2.24) is 5.32 Å². The number of amides is 1. The molecule has 1 aliphatic carbocycles. The Labute approximate surface area is 122 Å². The molecule has 1 saturated carbocycles. The zero-order valence-electron chi connectivity index (χ0n) is 12.6. The highest BCUT2D eigenvalue weighted by atomic mass is 16.1. The van der Waals surface area contributed by atoms with E-state index in [0.717, 1.165) is 24.2 Å². The zero-order valence-corrected chi connectivity index (χ0v) is 12.6. The van der Waals surface area contributed by atoms with E-state index in [1.165, 1.54) is 25.7 Å². The van der Waals surface area contributed by atoms with Crippen molar-refractivity contribution in [3.8, 4) is 0 Å². The number of rotatable bonds is 6. The lowest BCUT2D eigenvalue weighted by molar-refractivity contribution is 0.0928. The number of carbonyl (C=O) groups is 1. The Morgan fingerprint density at radius 2 is 2.00 bits per heavy atom. The van der Waals surface area contributed by atoms with Crippen LogP contribution in [0.3, 0.4) is 0 Å². The number of para-hydroxylation sites is 1. The second-order valence-corrected chi connectivity index (χ2v) is 5.78. The lowest BCUT2D eigenvalue weighted by Gasteiger charge is -2.21. The number of hydrogen-bond donors (Lipinski definition) is 2. The third-order valence-electron chi connectivity index (χ3n) is 4.20. The first-order valence-corrected chi connectivity index (χ1v) is 7.86. The molecule has 0 heterocycles. The third kappa shape index (κ3) is 3.75. The van der Waals surface area contributed by atoms with Crippen molar-refractivity contribution in [2.24, 2.45) is 5.92 Å². The monoisotopic (exact) mass is 274 g/mol. The summed E-state index contributed by atoms with van der Waals surface area (Å²) in [5.74, 6) is 0.693. The molecular weight excluding hydrogens is 248 g/mol. The number of hydrogen-bond acceptors (Lipinski definition) is 2. The van der Waals surface area contributed by atoms with Crippen molar-refractivity contribution in [3.05, 3.63) is 29.8 Å². The van der Waals surface area contributed by atoms with Gasteiger partial charge in [0.1, 0.15) is 0 Å². The first kappa shape index (κ1) is 14.9. The fourth-order valence-corrected chi connectivity index (χ4v) is 2.95. The summed E-state index contributed by atoms with van der Waals surface area (Å²) in [4.78, 5) is 12.4. The van der Waals surface area contributed by atoms with Crippen molar-refractivity contribution in [2.75, 3.05) is 11.9 Å². The minimum absolute atomic E-state index is 0.0450. The van der Waals surface area contributed by atoms with Gasteiger partial charge in [-0.05, 0) is 44.2 Å². The summed E-state index contributed by atoms with van der Waals surface area (Å²) in [5, 5.41) is 6.50. The van der Waals surface area contributed by atoms with Crippen LogP contribution in [0.5, 0.6) is 0 Å². The maximum atomic E-state index is 12.4. The maximum absolute atomic E-state index is 12.4. The van der Waals surface area contributed by atoms with Crippen LogP contribution in [0, 0.1) is 5.92 Å². The van der Waals surface area contributed by atoms with Crippen LogP contribution in [-0.4, -0.2) is 18.5 Å². The molecule has 110 valence electrons. The lowest BCUT2D eigenvalue weighted by Crippen LogP contribution is -2.37. The van der Waals surface area contributed by atoms with Gasteiger partial charge >= 0.3 is 0 Å². The molecule has 0 radical (unpaired) electrons. The standard InChI is InChI=1S/C17H26N2O/c1-3-12-18-16-11-7-6-10-15(16)17(20)19-13(2)14-8-4-5-9-14/h6-7,10-11,13-14,18H,3-5,8-9,12H2,1-2H3,(H,19,20)/t13-/m0/s1. The average Bonchev–Trinajstić information content (AvgIpc) is 2.99. The second kappa shape index (κ2) is 7.32. The van der Waals surface area contributed by atoms with Gasteiger partial charge in [-0.3, -0.25) is 4.79 Å². The molecule has 1 fully saturated rings. The minimum Gasteiger partial charge on any atom is -0.384 e. The van der Waals surface area contributed by atoms with Gasteiger partial charge in [0.15, 0.2) is 0 Å². The Balaban J connectivity index is 2.00. The van der Waals surface area contributed by atoms with E-state index in [9.17, 15) is 4.79 Å². The van der Waals surface area contributed by atoms with Crippen LogP contribution in [-0.2, 0) is 0 Å². The third-order valence-corrected chi connectivity index (χ3v) is 4.20. The van der Waals surface area contributed by atoms with Gasteiger partial charge in [-0.25, -0.2) is 0 Å². The Bertz CT molecular complexity index is 438. The van der Waals surface area contributed by atoms with Gasteiger partial charge in [0.2, 0.25) is 0 Å². The predicted molar refractivity (Wildman–Crippen MR) is 84.1 cm³/mol. The average molecular weight is 274 g/mol. The van der Waals surface area contributed by atoms with Gasteiger partial charge in [0.25, 0.3) is 5.91 Å². The topological polar surface area (TPSA) is 41.1 Å². The summed E-state index contributed by atoms with van der Waals surface area (Å²) in [5.41, 5.74) is 1.69. The van der Waals surface area contributed by atoms with Crippen LogP contribution < -0.4 is 10.6 Å². The SMILES string of the molecule is CCCNc1ccccc1C(=O)N[C@@H](C)C1CCCC1. The molecule has 1 amide bonds. The molecule has 2 N–H and O–H groups in total. The van der Waals surface area contributed by atoms with E-state index in [-0.39, 0.29) is 11.9 Å². The van der Waals surface area contributed by atoms with E-state index in [2.05, 4.69) is 24.5 Å². The van der Waals surface area contributed by atoms with Crippen LogP contribution in [0.2, 0.25) is 0 Å². The van der Waals surface area contributed by atoms with E-state index < -0.39 is 0 Å². The smallest absolute Gasteiger partial charge is 0.253 e. The molecule has 2 rings (SSSR count). The van der Waals surface area contributed by atoms with E-state index in [1.54, 1.807) is 0 Å². The van der Waals surface area contributed by atoms with Crippen molar-refractivity contribution in [1.29, 1.82) is 0 Å². The number of benzene rings is 1. The maximum Gasteiger partial charge on any atom is 0.253 e. The molecule has 1 aliphatic rings. The van der Waals surface area contributed by atoms with Crippen LogP contribution in [0.1, 0.15) is 56.3 Å². The van der Waals surface area contributed by atoms with Crippen LogP contribution in [0.25, 0.3) is 0 Å². The number of carbonyl (C=O) groups excluding carboxylic acids is 1. The van der Waals surface area contributed by atoms with Gasteiger partial charge in [0, 0.05) is 18.3 Å². The molecule has 1 aromatic rings. The van der Waals surface area contributed by atoms with Gasteiger partial charge < -0.3 is 10.6 Å². The molecule has 0 spiro atoms. The summed E-state index contributed by atoms with van der Waals surface area (Å²) < 4.78 is 0. The fourth-order valence-electron chi connectivity index (χ4n) is 2.95. The van der Waals surface area contributed by atoms with Gasteiger partial charge in [-0.1, -0.05) is 31.9 Å². The Morgan fingerprint density at radius 1 is 1.30 bits per heavy atom. The molecule has 3 heteroatoms. The van der Waals surface area contributed by atoms with Crippen molar-refractivity contribution < 1.29 is 4.79 Å². The Hall–Kier alpha value is -1.51. The second-order valence-electron chi connectivity index (χ2n) is 5.78. The van der Waals surface area contributed by atoms with Crippen molar-refractivity contribution in [3.63, 3.8) is 0 Å². The highest BCUT2D eigenvalue weighted by Gasteiger charge is 2.23. The first-order chi connectivity index (χ1) is 9.72.